The fraction of sp³-hybridized carbons (Fsp3) is 0.273. The van der Waals surface area contributed by atoms with E-state index in [0.29, 0.717) is 18.0 Å². The molecule has 5 nitrogen and oxygen atoms in total. The molecule has 2 aromatic carbocycles. The average molecular weight is 362 g/mol. The number of benzene rings is 2. The van der Waals surface area contributed by atoms with Gasteiger partial charge in [0, 0.05) is 11.9 Å². The Balaban J connectivity index is 1.67. The molecule has 5 heteroatoms. The van der Waals surface area contributed by atoms with Crippen molar-refractivity contribution in [3.63, 3.8) is 0 Å². The monoisotopic (exact) mass is 362 g/mol. The molecule has 1 aliphatic rings. The highest BCUT2D eigenvalue weighted by molar-refractivity contribution is 5.95. The van der Waals surface area contributed by atoms with Gasteiger partial charge in [-0.3, -0.25) is 4.79 Å². The Morgan fingerprint density at radius 2 is 1.81 bits per heavy atom. The second-order valence-corrected chi connectivity index (χ2v) is 6.72. The molecule has 0 radical (unpaired) electrons. The summed E-state index contributed by atoms with van der Waals surface area (Å²) in [5, 5.41) is 1.03. The van der Waals surface area contributed by atoms with Gasteiger partial charge in [-0.1, -0.05) is 24.3 Å². The number of rotatable bonds is 3. The molecule has 0 spiro atoms. The molecule has 0 saturated carbocycles. The quantitative estimate of drug-likeness (QED) is 0.706. The molecule has 0 N–H and O–H groups in total. The van der Waals surface area contributed by atoms with E-state index in [1.165, 1.54) is 5.56 Å². The maximum atomic E-state index is 13.1. The number of ether oxygens (including phenoxy) is 2. The maximum Gasteiger partial charge on any atom is 0.272 e. The lowest BCUT2D eigenvalue weighted by Crippen LogP contribution is -2.39. The van der Waals surface area contributed by atoms with Gasteiger partial charge in [0.15, 0.2) is 11.5 Å². The normalized spacial score (nSPS) is 16.1. The van der Waals surface area contributed by atoms with Crippen molar-refractivity contribution < 1.29 is 14.3 Å². The number of hydrogen-bond acceptors (Lipinski definition) is 4. The van der Waals surface area contributed by atoms with Crippen LogP contribution in [0, 0.1) is 0 Å². The Morgan fingerprint density at radius 3 is 2.59 bits per heavy atom. The standard InChI is InChI=1S/C22H22N2O3/c1-14-17-13-21(27-3)20(26-2)12-16(17)10-11-24(14)22(25)19-9-8-15-6-4-5-7-18(15)23-19/h4-9,12-14H,10-11H2,1-3H3. The molecule has 2 heterocycles. The number of methoxy groups -OCH3 is 2. The van der Waals surface area contributed by atoms with Crippen molar-refractivity contribution in [3.05, 3.63) is 65.4 Å². The zero-order valence-corrected chi connectivity index (χ0v) is 15.7. The van der Waals surface area contributed by atoms with Gasteiger partial charge in [-0.15, -0.1) is 0 Å². The summed E-state index contributed by atoms with van der Waals surface area (Å²) in [5.41, 5.74) is 3.59. The summed E-state index contributed by atoms with van der Waals surface area (Å²) in [7, 11) is 3.26. The lowest BCUT2D eigenvalue weighted by molar-refractivity contribution is 0.0671. The van der Waals surface area contributed by atoms with Crippen LogP contribution in [0.15, 0.2) is 48.5 Å². The minimum atomic E-state index is -0.0608. The van der Waals surface area contributed by atoms with Gasteiger partial charge in [-0.05, 0) is 48.7 Å². The van der Waals surface area contributed by atoms with Gasteiger partial charge in [0.05, 0.1) is 25.8 Å². The van der Waals surface area contributed by atoms with E-state index >= 15 is 0 Å². The van der Waals surface area contributed by atoms with Crippen molar-refractivity contribution in [3.8, 4) is 11.5 Å². The molecule has 27 heavy (non-hydrogen) atoms. The fourth-order valence-electron chi connectivity index (χ4n) is 3.75. The first-order valence-electron chi connectivity index (χ1n) is 9.04. The molecule has 4 rings (SSSR count). The minimum Gasteiger partial charge on any atom is -0.493 e. The number of aromatic nitrogens is 1. The van der Waals surface area contributed by atoms with Crippen molar-refractivity contribution >= 4 is 16.8 Å². The smallest absolute Gasteiger partial charge is 0.272 e. The first-order valence-corrected chi connectivity index (χ1v) is 9.04. The molecule has 0 fully saturated rings. The molecule has 0 aliphatic carbocycles. The third-order valence-electron chi connectivity index (χ3n) is 5.26. The summed E-state index contributed by atoms with van der Waals surface area (Å²) in [6.07, 6.45) is 0.777. The van der Waals surface area contributed by atoms with E-state index in [1.54, 1.807) is 14.2 Å². The maximum absolute atomic E-state index is 13.1. The van der Waals surface area contributed by atoms with E-state index < -0.39 is 0 Å². The lowest BCUT2D eigenvalue weighted by atomic mass is 9.92. The first kappa shape index (κ1) is 17.3. The molecule has 1 atom stereocenters. The zero-order valence-electron chi connectivity index (χ0n) is 15.7. The van der Waals surface area contributed by atoms with Gasteiger partial charge in [-0.2, -0.15) is 0 Å². The average Bonchev–Trinajstić information content (AvgIpc) is 2.72. The second kappa shape index (κ2) is 6.91. The van der Waals surface area contributed by atoms with Crippen molar-refractivity contribution in [2.75, 3.05) is 20.8 Å². The number of carbonyl (C=O) groups is 1. The molecular weight excluding hydrogens is 340 g/mol. The van der Waals surface area contributed by atoms with Crippen LogP contribution in [0.2, 0.25) is 0 Å². The summed E-state index contributed by atoms with van der Waals surface area (Å²) >= 11 is 0. The predicted octanol–water partition coefficient (Wildman–Crippen LogP) is 4.01. The molecule has 1 unspecified atom stereocenters. The van der Waals surface area contributed by atoms with Crippen LogP contribution in [0.4, 0.5) is 0 Å². The molecule has 1 amide bonds. The number of hydrogen-bond donors (Lipinski definition) is 0. The Kier molecular flexibility index (Phi) is 4.44. The second-order valence-electron chi connectivity index (χ2n) is 6.72. The molecule has 1 aliphatic heterocycles. The van der Waals surface area contributed by atoms with E-state index in [9.17, 15) is 4.79 Å². The lowest BCUT2D eigenvalue weighted by Gasteiger charge is -2.35. The van der Waals surface area contributed by atoms with Crippen molar-refractivity contribution in [1.82, 2.24) is 9.88 Å². The Hall–Kier alpha value is -3.08. The summed E-state index contributed by atoms with van der Waals surface area (Å²) in [6.45, 7) is 2.69. The highest BCUT2D eigenvalue weighted by Gasteiger charge is 2.30. The number of carbonyl (C=O) groups excluding carboxylic acids is 1. The first-order chi connectivity index (χ1) is 13.1. The molecule has 0 bridgehead atoms. The van der Waals surface area contributed by atoms with Crippen LogP contribution < -0.4 is 9.47 Å². The van der Waals surface area contributed by atoms with Crippen molar-refractivity contribution in [2.45, 2.75) is 19.4 Å². The van der Waals surface area contributed by atoms with Gasteiger partial charge in [0.1, 0.15) is 5.69 Å². The molecule has 3 aromatic rings. The summed E-state index contributed by atoms with van der Waals surface area (Å²) in [4.78, 5) is 19.6. The van der Waals surface area contributed by atoms with Gasteiger partial charge >= 0.3 is 0 Å². The van der Waals surface area contributed by atoms with E-state index in [-0.39, 0.29) is 11.9 Å². The van der Waals surface area contributed by atoms with Crippen LogP contribution in [0.3, 0.4) is 0 Å². The van der Waals surface area contributed by atoms with E-state index in [1.807, 2.05) is 60.4 Å². The molecule has 138 valence electrons. The van der Waals surface area contributed by atoms with Crippen LogP contribution in [0.5, 0.6) is 11.5 Å². The van der Waals surface area contributed by atoms with E-state index in [2.05, 4.69) is 4.98 Å². The largest absolute Gasteiger partial charge is 0.493 e. The Labute approximate surface area is 158 Å². The third kappa shape index (κ3) is 2.99. The number of amides is 1. The predicted molar refractivity (Wildman–Crippen MR) is 104 cm³/mol. The van der Waals surface area contributed by atoms with Crippen molar-refractivity contribution in [2.24, 2.45) is 0 Å². The number of fused-ring (bicyclic) bond motifs is 2. The van der Waals surface area contributed by atoms with Crippen LogP contribution >= 0.6 is 0 Å². The van der Waals surface area contributed by atoms with Crippen molar-refractivity contribution in [1.29, 1.82) is 0 Å². The Morgan fingerprint density at radius 1 is 1.07 bits per heavy atom. The number of pyridine rings is 1. The van der Waals surface area contributed by atoms with Gasteiger partial charge in [0.25, 0.3) is 5.91 Å². The Bertz CT molecular complexity index is 1020. The highest BCUT2D eigenvalue weighted by atomic mass is 16.5. The summed E-state index contributed by atoms with van der Waals surface area (Å²) in [5.74, 6) is 1.36. The highest BCUT2D eigenvalue weighted by Crippen LogP contribution is 2.38. The van der Waals surface area contributed by atoms with Gasteiger partial charge < -0.3 is 14.4 Å². The summed E-state index contributed by atoms with van der Waals surface area (Å²) < 4.78 is 10.8. The minimum absolute atomic E-state index is 0.0475. The van der Waals surface area contributed by atoms with Crippen LogP contribution in [0.25, 0.3) is 10.9 Å². The zero-order chi connectivity index (χ0) is 19.0. The van der Waals surface area contributed by atoms with Crippen LogP contribution in [0.1, 0.15) is 34.6 Å². The molecule has 0 saturated heterocycles. The van der Waals surface area contributed by atoms with Crippen LogP contribution in [-0.4, -0.2) is 36.6 Å². The fourth-order valence-corrected chi connectivity index (χ4v) is 3.75. The number of para-hydroxylation sites is 1. The van der Waals surface area contributed by atoms with Gasteiger partial charge in [-0.25, -0.2) is 4.98 Å². The van der Waals surface area contributed by atoms with Crippen LogP contribution in [-0.2, 0) is 6.42 Å². The van der Waals surface area contributed by atoms with Gasteiger partial charge in [0.2, 0.25) is 0 Å². The number of nitrogens with zero attached hydrogens (tertiary/aromatic N) is 2. The molecular formula is C22H22N2O3. The third-order valence-corrected chi connectivity index (χ3v) is 5.26. The summed E-state index contributed by atoms with van der Waals surface area (Å²) in [6, 6.07) is 15.5. The molecule has 1 aromatic heterocycles. The topological polar surface area (TPSA) is 51.7 Å². The SMILES string of the molecule is COc1cc2c(cc1OC)C(C)N(C(=O)c1ccc3ccccc3n1)CC2. The van der Waals surface area contributed by atoms with E-state index in [4.69, 9.17) is 9.47 Å². The van der Waals surface area contributed by atoms with E-state index in [0.717, 1.165) is 28.6 Å².